The molecule has 17 heavy (non-hydrogen) atoms. The maximum Gasteiger partial charge on any atom is 0.0683 e. The number of likely N-dealkylation sites (tertiary alicyclic amines) is 1. The van der Waals surface area contributed by atoms with Crippen LogP contribution in [0.1, 0.15) is 39.5 Å². The Labute approximate surface area is 106 Å². The molecule has 0 aliphatic carbocycles. The van der Waals surface area contributed by atoms with Gasteiger partial charge >= 0.3 is 0 Å². The molecule has 0 amide bonds. The van der Waals surface area contributed by atoms with E-state index in [0.717, 1.165) is 18.9 Å². The van der Waals surface area contributed by atoms with Crippen LogP contribution in [0.15, 0.2) is 0 Å². The van der Waals surface area contributed by atoms with Gasteiger partial charge in [0, 0.05) is 6.54 Å². The Morgan fingerprint density at radius 1 is 1.41 bits per heavy atom. The summed E-state index contributed by atoms with van der Waals surface area (Å²) in [6.45, 7) is 8.94. The zero-order valence-electron chi connectivity index (χ0n) is 11.6. The number of unbranched alkanes of at least 4 members (excludes halogenated alkanes) is 1. The second kappa shape index (κ2) is 6.98. The molecule has 0 saturated carbocycles. The first-order chi connectivity index (χ1) is 8.07. The number of nitriles is 1. The van der Waals surface area contributed by atoms with Crippen molar-refractivity contribution < 1.29 is 0 Å². The van der Waals surface area contributed by atoms with Crippen molar-refractivity contribution in [2.75, 3.05) is 33.2 Å². The normalized spacial score (nSPS) is 21.6. The summed E-state index contributed by atoms with van der Waals surface area (Å²) in [6.07, 6.45) is 4.77. The van der Waals surface area contributed by atoms with Crippen LogP contribution in [0.5, 0.6) is 0 Å². The van der Waals surface area contributed by atoms with Gasteiger partial charge < -0.3 is 10.2 Å². The number of nitrogens with one attached hydrogen (secondary N) is 1. The van der Waals surface area contributed by atoms with E-state index in [0.29, 0.717) is 0 Å². The van der Waals surface area contributed by atoms with E-state index in [-0.39, 0.29) is 5.41 Å². The maximum absolute atomic E-state index is 8.93. The zero-order valence-corrected chi connectivity index (χ0v) is 11.6. The number of nitrogens with zero attached hydrogens (tertiary/aromatic N) is 2. The molecule has 1 rings (SSSR count). The topological polar surface area (TPSA) is 39.1 Å². The predicted octanol–water partition coefficient (Wildman–Crippen LogP) is 2.25. The molecule has 3 heteroatoms. The zero-order chi connectivity index (χ0) is 12.7. The van der Waals surface area contributed by atoms with Crippen LogP contribution < -0.4 is 5.32 Å². The smallest absolute Gasteiger partial charge is 0.0683 e. The summed E-state index contributed by atoms with van der Waals surface area (Å²) < 4.78 is 0. The van der Waals surface area contributed by atoms with E-state index in [1.54, 1.807) is 0 Å². The Morgan fingerprint density at radius 3 is 2.82 bits per heavy atom. The molecule has 1 atom stereocenters. The molecule has 1 aliphatic heterocycles. The van der Waals surface area contributed by atoms with Crippen LogP contribution in [0.3, 0.4) is 0 Å². The summed E-state index contributed by atoms with van der Waals surface area (Å²) in [6, 6.07) is 2.37. The van der Waals surface area contributed by atoms with Crippen LogP contribution >= 0.6 is 0 Å². The fraction of sp³-hybridized carbons (Fsp3) is 0.929. The molecule has 0 radical (unpaired) electrons. The van der Waals surface area contributed by atoms with Crippen LogP contribution in [0.25, 0.3) is 0 Å². The van der Waals surface area contributed by atoms with Gasteiger partial charge in [0.15, 0.2) is 0 Å². The van der Waals surface area contributed by atoms with Crippen LogP contribution in [-0.4, -0.2) is 38.1 Å². The van der Waals surface area contributed by atoms with Crippen molar-refractivity contribution in [3.05, 3.63) is 0 Å². The lowest BCUT2D eigenvalue weighted by Crippen LogP contribution is -2.25. The minimum atomic E-state index is -0.139. The predicted molar refractivity (Wildman–Crippen MR) is 71.7 cm³/mol. The van der Waals surface area contributed by atoms with Gasteiger partial charge in [-0.15, -0.1) is 0 Å². The van der Waals surface area contributed by atoms with Gasteiger partial charge in [0.25, 0.3) is 0 Å². The SMILES string of the molecule is CNCC1CCN(CCCCC(C)(C)C#N)C1. The molecule has 1 N–H and O–H groups in total. The van der Waals surface area contributed by atoms with Crippen molar-refractivity contribution >= 4 is 0 Å². The number of rotatable bonds is 7. The Morgan fingerprint density at radius 2 is 2.18 bits per heavy atom. The van der Waals surface area contributed by atoms with Crippen molar-refractivity contribution in [1.29, 1.82) is 5.26 Å². The molecule has 0 spiro atoms. The van der Waals surface area contributed by atoms with Crippen molar-refractivity contribution in [3.8, 4) is 6.07 Å². The average molecular weight is 237 g/mol. The monoisotopic (exact) mass is 237 g/mol. The average Bonchev–Trinajstić information content (AvgIpc) is 2.73. The fourth-order valence-electron chi connectivity index (χ4n) is 2.53. The lowest BCUT2D eigenvalue weighted by Gasteiger charge is -2.18. The first kappa shape index (κ1) is 14.5. The lowest BCUT2D eigenvalue weighted by molar-refractivity contribution is 0.305. The van der Waals surface area contributed by atoms with E-state index in [1.165, 1.54) is 38.9 Å². The summed E-state index contributed by atoms with van der Waals surface area (Å²) in [5.74, 6) is 0.843. The highest BCUT2D eigenvalue weighted by Crippen LogP contribution is 2.22. The molecule has 98 valence electrons. The van der Waals surface area contributed by atoms with Crippen molar-refractivity contribution in [2.24, 2.45) is 11.3 Å². The van der Waals surface area contributed by atoms with Crippen molar-refractivity contribution in [3.63, 3.8) is 0 Å². The van der Waals surface area contributed by atoms with Crippen LogP contribution in [0, 0.1) is 22.7 Å². The van der Waals surface area contributed by atoms with Gasteiger partial charge in [-0.25, -0.2) is 0 Å². The van der Waals surface area contributed by atoms with Gasteiger partial charge in [-0.05, 0) is 65.7 Å². The first-order valence-electron chi connectivity index (χ1n) is 6.85. The summed E-state index contributed by atoms with van der Waals surface area (Å²) >= 11 is 0. The summed E-state index contributed by atoms with van der Waals surface area (Å²) in [5, 5.41) is 12.2. The second-order valence-electron chi connectivity index (χ2n) is 5.97. The van der Waals surface area contributed by atoms with Crippen LogP contribution in [0.2, 0.25) is 0 Å². The molecule has 1 saturated heterocycles. The third kappa shape index (κ3) is 5.52. The van der Waals surface area contributed by atoms with Crippen LogP contribution in [-0.2, 0) is 0 Å². The van der Waals surface area contributed by atoms with E-state index in [2.05, 4.69) is 16.3 Å². The molecule has 1 heterocycles. The molecule has 0 aromatic carbocycles. The molecule has 0 aromatic rings. The first-order valence-corrected chi connectivity index (χ1v) is 6.85. The Bertz CT molecular complexity index is 255. The van der Waals surface area contributed by atoms with E-state index in [1.807, 2.05) is 20.9 Å². The largest absolute Gasteiger partial charge is 0.319 e. The Kier molecular flexibility index (Phi) is 5.94. The quantitative estimate of drug-likeness (QED) is 0.690. The van der Waals surface area contributed by atoms with Crippen molar-refractivity contribution in [2.45, 2.75) is 39.5 Å². The van der Waals surface area contributed by atoms with E-state index >= 15 is 0 Å². The minimum absolute atomic E-state index is 0.139. The third-order valence-corrected chi connectivity index (χ3v) is 3.69. The second-order valence-corrected chi connectivity index (χ2v) is 5.97. The molecule has 1 unspecified atom stereocenters. The highest BCUT2D eigenvalue weighted by Gasteiger charge is 2.21. The van der Waals surface area contributed by atoms with Gasteiger partial charge in [-0.1, -0.05) is 6.42 Å². The molecule has 0 bridgehead atoms. The Hall–Kier alpha value is -0.590. The third-order valence-electron chi connectivity index (χ3n) is 3.69. The van der Waals surface area contributed by atoms with Crippen molar-refractivity contribution in [1.82, 2.24) is 10.2 Å². The van der Waals surface area contributed by atoms with E-state index in [9.17, 15) is 0 Å². The van der Waals surface area contributed by atoms with Gasteiger partial charge in [-0.2, -0.15) is 5.26 Å². The summed E-state index contributed by atoms with van der Waals surface area (Å²) in [4.78, 5) is 2.57. The molecule has 3 nitrogen and oxygen atoms in total. The lowest BCUT2D eigenvalue weighted by atomic mass is 9.89. The molecular formula is C14H27N3. The van der Waals surface area contributed by atoms with Gasteiger partial charge in [0.1, 0.15) is 0 Å². The highest BCUT2D eigenvalue weighted by molar-refractivity contribution is 4.91. The molecule has 1 aliphatic rings. The number of hydrogen-bond donors (Lipinski definition) is 1. The summed E-state index contributed by atoms with van der Waals surface area (Å²) in [7, 11) is 2.03. The van der Waals surface area contributed by atoms with E-state index < -0.39 is 0 Å². The standard InChI is InChI=1S/C14H27N3/c1-14(2,12-15)7-4-5-8-17-9-6-13(11-17)10-16-3/h13,16H,4-11H2,1-3H3. The maximum atomic E-state index is 8.93. The van der Waals surface area contributed by atoms with Gasteiger partial charge in [-0.3, -0.25) is 0 Å². The van der Waals surface area contributed by atoms with Gasteiger partial charge in [0.2, 0.25) is 0 Å². The van der Waals surface area contributed by atoms with E-state index in [4.69, 9.17) is 5.26 Å². The molecular weight excluding hydrogens is 210 g/mol. The van der Waals surface area contributed by atoms with Gasteiger partial charge in [0.05, 0.1) is 11.5 Å². The minimum Gasteiger partial charge on any atom is -0.319 e. The fourth-order valence-corrected chi connectivity index (χ4v) is 2.53. The van der Waals surface area contributed by atoms with Crippen LogP contribution in [0.4, 0.5) is 0 Å². The summed E-state index contributed by atoms with van der Waals surface area (Å²) in [5.41, 5.74) is -0.139. The number of hydrogen-bond acceptors (Lipinski definition) is 3. The molecule has 1 fully saturated rings. The Balaban J connectivity index is 2.07. The highest BCUT2D eigenvalue weighted by atomic mass is 15.1. The molecule has 0 aromatic heterocycles.